The van der Waals surface area contributed by atoms with Crippen LogP contribution in [0.25, 0.3) is 0 Å². The van der Waals surface area contributed by atoms with Crippen LogP contribution in [0.5, 0.6) is 5.75 Å². The van der Waals surface area contributed by atoms with Gasteiger partial charge in [-0.2, -0.15) is 0 Å². The van der Waals surface area contributed by atoms with Crippen LogP contribution in [0, 0.1) is 5.92 Å². The second-order valence-electron chi connectivity index (χ2n) is 6.43. The van der Waals surface area contributed by atoms with E-state index in [9.17, 15) is 9.59 Å². The van der Waals surface area contributed by atoms with Crippen molar-refractivity contribution in [2.45, 2.75) is 53.1 Å². The lowest BCUT2D eigenvalue weighted by atomic mass is 10.1. The van der Waals surface area contributed by atoms with Crippen LogP contribution < -0.4 is 15.0 Å². The molecule has 0 radical (unpaired) electrons. The van der Waals surface area contributed by atoms with Gasteiger partial charge >= 0.3 is 0 Å². The molecule has 1 heterocycles. The van der Waals surface area contributed by atoms with Crippen LogP contribution in [-0.4, -0.2) is 24.5 Å². The molecule has 1 aliphatic rings. The molecule has 1 unspecified atom stereocenters. The number of nitrogens with one attached hydrogen (secondary N) is 1. The summed E-state index contributed by atoms with van der Waals surface area (Å²) in [6.07, 6.45) is 1.95. The van der Waals surface area contributed by atoms with Crippen molar-refractivity contribution in [3.8, 4) is 5.75 Å². The normalized spacial score (nSPS) is 17.0. The van der Waals surface area contributed by atoms with Gasteiger partial charge in [0.2, 0.25) is 5.91 Å². The predicted molar refractivity (Wildman–Crippen MR) is 91.9 cm³/mol. The number of hydrogen-bond acceptors (Lipinski definition) is 3. The number of amides is 2. The van der Waals surface area contributed by atoms with E-state index < -0.39 is 6.10 Å². The quantitative estimate of drug-likeness (QED) is 0.872. The molecule has 2 amide bonds. The molecular weight excluding hydrogens is 292 g/mol. The lowest BCUT2D eigenvalue weighted by Gasteiger charge is -2.33. The summed E-state index contributed by atoms with van der Waals surface area (Å²) in [6, 6.07) is 5.47. The summed E-state index contributed by atoms with van der Waals surface area (Å²) in [6.45, 7) is 8.54. The maximum absolute atomic E-state index is 12.4. The summed E-state index contributed by atoms with van der Waals surface area (Å²) in [5.41, 5.74) is 1.44. The summed E-state index contributed by atoms with van der Waals surface area (Å²) >= 11 is 0. The molecule has 5 nitrogen and oxygen atoms in total. The van der Waals surface area contributed by atoms with Gasteiger partial charge in [0.05, 0.1) is 5.69 Å². The fourth-order valence-corrected chi connectivity index (χ4v) is 2.61. The third kappa shape index (κ3) is 4.24. The molecule has 5 heteroatoms. The summed E-state index contributed by atoms with van der Waals surface area (Å²) in [7, 11) is 0. The Bertz CT molecular complexity index is 584. The minimum Gasteiger partial charge on any atom is -0.479 e. The zero-order chi connectivity index (χ0) is 17.0. The molecule has 0 saturated carbocycles. The number of carbonyl (C=O) groups is 2. The highest BCUT2D eigenvalue weighted by molar-refractivity contribution is 6.01. The van der Waals surface area contributed by atoms with E-state index in [1.165, 1.54) is 0 Å². The molecule has 0 bridgehead atoms. The second-order valence-corrected chi connectivity index (χ2v) is 6.43. The molecule has 0 spiro atoms. The molecule has 1 aliphatic heterocycles. The van der Waals surface area contributed by atoms with E-state index in [1.54, 1.807) is 11.8 Å². The van der Waals surface area contributed by atoms with Crippen molar-refractivity contribution >= 4 is 23.2 Å². The topological polar surface area (TPSA) is 58.6 Å². The number of anilines is 2. The van der Waals surface area contributed by atoms with Crippen LogP contribution in [-0.2, 0) is 9.59 Å². The number of rotatable bonds is 6. The fraction of sp³-hybridized carbons (Fsp3) is 0.556. The molecule has 1 aromatic rings. The lowest BCUT2D eigenvalue weighted by molar-refractivity contribution is -0.125. The first-order valence-corrected chi connectivity index (χ1v) is 8.34. The minimum absolute atomic E-state index is 0.0171. The second kappa shape index (κ2) is 7.49. The Morgan fingerprint density at radius 3 is 2.78 bits per heavy atom. The maximum Gasteiger partial charge on any atom is 0.267 e. The van der Waals surface area contributed by atoms with Crippen LogP contribution >= 0.6 is 0 Å². The van der Waals surface area contributed by atoms with Gasteiger partial charge in [0.1, 0.15) is 5.75 Å². The van der Waals surface area contributed by atoms with Crippen LogP contribution in [0.2, 0.25) is 0 Å². The first kappa shape index (κ1) is 17.3. The number of unbranched alkanes of at least 4 members (excludes halogenated alkanes) is 1. The number of benzene rings is 1. The van der Waals surface area contributed by atoms with E-state index >= 15 is 0 Å². The van der Waals surface area contributed by atoms with Crippen molar-refractivity contribution < 1.29 is 14.3 Å². The Hall–Kier alpha value is -2.04. The van der Waals surface area contributed by atoms with E-state index in [4.69, 9.17) is 4.74 Å². The van der Waals surface area contributed by atoms with E-state index in [0.29, 0.717) is 30.3 Å². The zero-order valence-electron chi connectivity index (χ0n) is 14.4. The Morgan fingerprint density at radius 2 is 2.13 bits per heavy atom. The first-order valence-electron chi connectivity index (χ1n) is 8.34. The summed E-state index contributed by atoms with van der Waals surface area (Å²) in [4.78, 5) is 26.1. The van der Waals surface area contributed by atoms with Crippen LogP contribution in [0.15, 0.2) is 18.2 Å². The van der Waals surface area contributed by atoms with Crippen molar-refractivity contribution in [1.29, 1.82) is 0 Å². The van der Waals surface area contributed by atoms with Gasteiger partial charge in [-0.1, -0.05) is 27.2 Å². The number of carbonyl (C=O) groups excluding carboxylic acids is 2. The van der Waals surface area contributed by atoms with Crippen LogP contribution in [0.3, 0.4) is 0 Å². The average molecular weight is 318 g/mol. The zero-order valence-corrected chi connectivity index (χ0v) is 14.4. The van der Waals surface area contributed by atoms with Gasteiger partial charge in [-0.05, 0) is 37.5 Å². The maximum atomic E-state index is 12.4. The highest BCUT2D eigenvalue weighted by Crippen LogP contribution is 2.36. The Balaban J connectivity index is 2.23. The SMILES string of the molecule is CCCCN1C(=O)C(C)Oc2ccc(NC(=O)CC(C)C)cc21. The molecule has 2 rings (SSSR count). The number of ether oxygens (including phenoxy) is 1. The van der Waals surface area contributed by atoms with Crippen LogP contribution in [0.1, 0.15) is 47.0 Å². The van der Waals surface area contributed by atoms with E-state index in [0.717, 1.165) is 18.5 Å². The molecular formula is C18H26N2O3. The first-order chi connectivity index (χ1) is 10.9. The summed E-state index contributed by atoms with van der Waals surface area (Å²) < 4.78 is 5.67. The van der Waals surface area contributed by atoms with Gasteiger partial charge < -0.3 is 15.0 Å². The molecule has 0 aromatic heterocycles. The molecule has 1 atom stereocenters. The third-order valence-electron chi connectivity index (χ3n) is 3.78. The summed E-state index contributed by atoms with van der Waals surface area (Å²) in [5.74, 6) is 0.947. The standard InChI is InChI=1S/C18H26N2O3/c1-5-6-9-20-15-11-14(19-17(21)10-12(2)3)7-8-16(15)23-13(4)18(20)22/h7-8,11-13H,5-6,9-10H2,1-4H3,(H,19,21). The number of nitrogens with zero attached hydrogens (tertiary/aromatic N) is 1. The van der Waals surface area contributed by atoms with Crippen molar-refractivity contribution in [2.75, 3.05) is 16.8 Å². The van der Waals surface area contributed by atoms with Crippen molar-refractivity contribution in [2.24, 2.45) is 5.92 Å². The Morgan fingerprint density at radius 1 is 1.39 bits per heavy atom. The highest BCUT2D eigenvalue weighted by Gasteiger charge is 2.31. The molecule has 1 aromatic carbocycles. The average Bonchev–Trinajstić information content (AvgIpc) is 2.47. The Kier molecular flexibility index (Phi) is 5.64. The molecule has 0 aliphatic carbocycles. The lowest BCUT2D eigenvalue weighted by Crippen LogP contribution is -2.44. The van der Waals surface area contributed by atoms with E-state index in [1.807, 2.05) is 32.0 Å². The monoisotopic (exact) mass is 318 g/mol. The third-order valence-corrected chi connectivity index (χ3v) is 3.78. The smallest absolute Gasteiger partial charge is 0.267 e. The molecule has 126 valence electrons. The van der Waals surface area contributed by atoms with Gasteiger partial charge in [0.25, 0.3) is 5.91 Å². The van der Waals surface area contributed by atoms with E-state index in [-0.39, 0.29) is 11.8 Å². The fourth-order valence-electron chi connectivity index (χ4n) is 2.61. The predicted octanol–water partition coefficient (Wildman–Crippen LogP) is 3.59. The van der Waals surface area contributed by atoms with Gasteiger partial charge in [-0.25, -0.2) is 0 Å². The Labute approximate surface area is 138 Å². The molecule has 1 N–H and O–H groups in total. The van der Waals surface area contributed by atoms with Crippen molar-refractivity contribution in [1.82, 2.24) is 0 Å². The van der Waals surface area contributed by atoms with Crippen molar-refractivity contribution in [3.05, 3.63) is 18.2 Å². The van der Waals surface area contributed by atoms with Gasteiger partial charge in [0.15, 0.2) is 6.10 Å². The van der Waals surface area contributed by atoms with E-state index in [2.05, 4.69) is 12.2 Å². The molecule has 23 heavy (non-hydrogen) atoms. The summed E-state index contributed by atoms with van der Waals surface area (Å²) in [5, 5.41) is 2.89. The van der Waals surface area contributed by atoms with Gasteiger partial charge in [-0.3, -0.25) is 9.59 Å². The molecule has 0 saturated heterocycles. The van der Waals surface area contributed by atoms with Crippen LogP contribution in [0.4, 0.5) is 11.4 Å². The van der Waals surface area contributed by atoms with Gasteiger partial charge in [0, 0.05) is 18.7 Å². The van der Waals surface area contributed by atoms with Crippen molar-refractivity contribution in [3.63, 3.8) is 0 Å². The number of hydrogen-bond donors (Lipinski definition) is 1. The molecule has 0 fully saturated rings. The largest absolute Gasteiger partial charge is 0.479 e. The highest BCUT2D eigenvalue weighted by atomic mass is 16.5. The minimum atomic E-state index is -0.472. The van der Waals surface area contributed by atoms with Gasteiger partial charge in [-0.15, -0.1) is 0 Å². The number of fused-ring (bicyclic) bond motifs is 1.